The molecule has 0 saturated carbocycles. The number of hydrogen-bond acceptors (Lipinski definition) is 2. The minimum Gasteiger partial charge on any atom is -0.326 e. The van der Waals surface area contributed by atoms with Crippen LogP contribution in [-0.2, 0) is 6.54 Å². The Balaban J connectivity index is 2.56. The van der Waals surface area contributed by atoms with Crippen LogP contribution in [0.1, 0.15) is 25.8 Å². The summed E-state index contributed by atoms with van der Waals surface area (Å²) >= 11 is 0. The molecule has 2 N–H and O–H groups in total. The molecule has 0 bridgehead atoms. The van der Waals surface area contributed by atoms with Gasteiger partial charge in [0.1, 0.15) is 11.6 Å². The first-order valence-electron chi connectivity index (χ1n) is 5.69. The number of hydrogen-bond donors (Lipinski definition) is 1. The fourth-order valence-corrected chi connectivity index (χ4v) is 1.51. The van der Waals surface area contributed by atoms with Crippen LogP contribution in [0.15, 0.2) is 18.2 Å². The Kier molecular flexibility index (Phi) is 4.60. The van der Waals surface area contributed by atoms with Gasteiger partial charge in [-0.25, -0.2) is 8.78 Å². The fraction of sp³-hybridized carbons (Fsp3) is 0.538. The van der Waals surface area contributed by atoms with Gasteiger partial charge in [-0.15, -0.1) is 0 Å². The normalized spacial score (nSPS) is 12.2. The summed E-state index contributed by atoms with van der Waals surface area (Å²) in [5.74, 6) is -0.779. The maximum atomic E-state index is 13.4. The van der Waals surface area contributed by atoms with E-state index in [0.29, 0.717) is 12.1 Å². The average molecular weight is 242 g/mol. The monoisotopic (exact) mass is 242 g/mol. The molecule has 2 nitrogen and oxygen atoms in total. The van der Waals surface area contributed by atoms with Gasteiger partial charge in [0.2, 0.25) is 0 Å². The van der Waals surface area contributed by atoms with Crippen LogP contribution < -0.4 is 5.73 Å². The molecule has 0 saturated heterocycles. The lowest BCUT2D eigenvalue weighted by atomic mass is 10.0. The zero-order chi connectivity index (χ0) is 13.1. The summed E-state index contributed by atoms with van der Waals surface area (Å²) in [6.07, 6.45) is 0.806. The van der Waals surface area contributed by atoms with Gasteiger partial charge in [0.15, 0.2) is 0 Å². The number of rotatable bonds is 5. The van der Waals surface area contributed by atoms with Gasteiger partial charge < -0.3 is 10.6 Å². The third-order valence-electron chi connectivity index (χ3n) is 2.59. The number of halogens is 2. The van der Waals surface area contributed by atoms with Crippen molar-refractivity contribution in [3.8, 4) is 0 Å². The van der Waals surface area contributed by atoms with E-state index in [1.807, 2.05) is 25.8 Å². The van der Waals surface area contributed by atoms with Crippen molar-refractivity contribution in [2.24, 2.45) is 5.73 Å². The van der Waals surface area contributed by atoms with E-state index in [9.17, 15) is 8.78 Å². The van der Waals surface area contributed by atoms with Gasteiger partial charge in [-0.3, -0.25) is 0 Å². The topological polar surface area (TPSA) is 29.3 Å². The van der Waals surface area contributed by atoms with E-state index in [1.54, 1.807) is 0 Å². The van der Waals surface area contributed by atoms with E-state index in [4.69, 9.17) is 5.73 Å². The molecule has 0 spiro atoms. The van der Waals surface area contributed by atoms with Crippen LogP contribution in [0.25, 0.3) is 0 Å². The van der Waals surface area contributed by atoms with Crippen LogP contribution in [0.4, 0.5) is 8.78 Å². The predicted molar refractivity (Wildman–Crippen MR) is 65.6 cm³/mol. The van der Waals surface area contributed by atoms with E-state index in [1.165, 1.54) is 6.07 Å². The zero-order valence-corrected chi connectivity index (χ0v) is 10.6. The molecular formula is C13H20F2N2. The largest absolute Gasteiger partial charge is 0.326 e. The highest BCUT2D eigenvalue weighted by Crippen LogP contribution is 2.13. The molecule has 17 heavy (non-hydrogen) atoms. The van der Waals surface area contributed by atoms with E-state index in [-0.39, 0.29) is 11.4 Å². The van der Waals surface area contributed by atoms with E-state index in [2.05, 4.69) is 0 Å². The van der Waals surface area contributed by atoms with E-state index < -0.39 is 5.82 Å². The predicted octanol–water partition coefficient (Wildman–Crippen LogP) is 2.52. The Morgan fingerprint density at radius 1 is 1.29 bits per heavy atom. The van der Waals surface area contributed by atoms with E-state index in [0.717, 1.165) is 25.1 Å². The molecule has 0 unspecified atom stereocenters. The molecule has 1 rings (SSSR count). The summed E-state index contributed by atoms with van der Waals surface area (Å²) in [7, 11) is 1.87. The lowest BCUT2D eigenvalue weighted by molar-refractivity contribution is 0.285. The van der Waals surface area contributed by atoms with Crippen molar-refractivity contribution >= 4 is 0 Å². The average Bonchev–Trinajstić information content (AvgIpc) is 2.20. The molecule has 1 aromatic carbocycles. The van der Waals surface area contributed by atoms with Crippen molar-refractivity contribution in [3.63, 3.8) is 0 Å². The van der Waals surface area contributed by atoms with Gasteiger partial charge >= 0.3 is 0 Å². The van der Waals surface area contributed by atoms with Gasteiger partial charge in [-0.1, -0.05) is 0 Å². The highest BCUT2D eigenvalue weighted by atomic mass is 19.1. The van der Waals surface area contributed by atoms with Gasteiger partial charge in [-0.2, -0.15) is 0 Å². The molecule has 4 heteroatoms. The third-order valence-corrected chi connectivity index (χ3v) is 2.59. The van der Waals surface area contributed by atoms with Crippen molar-refractivity contribution in [1.29, 1.82) is 0 Å². The number of nitrogens with two attached hydrogens (primary N) is 1. The Bertz CT molecular complexity index is 372. The van der Waals surface area contributed by atoms with Gasteiger partial charge in [0.05, 0.1) is 0 Å². The molecule has 1 aromatic rings. The lowest BCUT2D eigenvalue weighted by Gasteiger charge is -2.23. The number of nitrogens with zero attached hydrogens (tertiary/aromatic N) is 1. The standard InChI is InChI=1S/C13H20F2N2/c1-13(2,16)6-7-17(3)9-10-8-11(14)4-5-12(10)15/h4-5,8H,6-7,9,16H2,1-3H3. The van der Waals surface area contributed by atoms with Crippen LogP contribution in [-0.4, -0.2) is 24.0 Å². The van der Waals surface area contributed by atoms with Crippen LogP contribution in [0.5, 0.6) is 0 Å². The summed E-state index contributed by atoms with van der Waals surface area (Å²) in [6, 6.07) is 3.52. The van der Waals surface area contributed by atoms with Gasteiger partial charge in [0, 0.05) is 17.6 Å². The second-order valence-electron chi connectivity index (χ2n) is 5.21. The Hall–Kier alpha value is -1.00. The summed E-state index contributed by atoms with van der Waals surface area (Å²) in [6.45, 7) is 5.03. The van der Waals surface area contributed by atoms with Crippen LogP contribution in [0, 0.1) is 11.6 Å². The first-order chi connectivity index (χ1) is 7.78. The highest BCUT2D eigenvalue weighted by Gasteiger charge is 2.13. The van der Waals surface area contributed by atoms with Gasteiger partial charge in [-0.05, 0) is 52.1 Å². The SMILES string of the molecule is CN(CCC(C)(C)N)Cc1cc(F)ccc1F. The van der Waals surface area contributed by atoms with Crippen molar-refractivity contribution < 1.29 is 8.78 Å². The second kappa shape index (κ2) is 5.56. The quantitative estimate of drug-likeness (QED) is 0.859. The minimum absolute atomic E-state index is 0.241. The van der Waals surface area contributed by atoms with Crippen molar-refractivity contribution in [1.82, 2.24) is 4.90 Å². The molecule has 0 aliphatic rings. The zero-order valence-electron chi connectivity index (χ0n) is 10.6. The van der Waals surface area contributed by atoms with Crippen molar-refractivity contribution in [3.05, 3.63) is 35.4 Å². The maximum absolute atomic E-state index is 13.4. The molecule has 0 radical (unpaired) electrons. The minimum atomic E-state index is -0.408. The molecule has 0 aliphatic heterocycles. The Labute approximate surface area is 101 Å². The molecule has 0 atom stereocenters. The third kappa shape index (κ3) is 5.24. The molecule has 0 fully saturated rings. The molecular weight excluding hydrogens is 222 g/mol. The smallest absolute Gasteiger partial charge is 0.127 e. The summed E-state index contributed by atoms with van der Waals surface area (Å²) in [5.41, 5.74) is 6.01. The van der Waals surface area contributed by atoms with Crippen molar-refractivity contribution in [2.45, 2.75) is 32.4 Å². The highest BCUT2D eigenvalue weighted by molar-refractivity contribution is 5.18. The molecule has 0 amide bonds. The van der Waals surface area contributed by atoms with Crippen LogP contribution in [0.3, 0.4) is 0 Å². The van der Waals surface area contributed by atoms with Crippen LogP contribution in [0.2, 0.25) is 0 Å². The first-order valence-corrected chi connectivity index (χ1v) is 5.69. The maximum Gasteiger partial charge on any atom is 0.127 e. The molecule has 0 aliphatic carbocycles. The lowest BCUT2D eigenvalue weighted by Crippen LogP contribution is -2.36. The van der Waals surface area contributed by atoms with E-state index >= 15 is 0 Å². The first kappa shape index (κ1) is 14.1. The summed E-state index contributed by atoms with van der Waals surface area (Å²) in [4.78, 5) is 1.94. The Morgan fingerprint density at radius 3 is 2.53 bits per heavy atom. The molecule has 96 valence electrons. The summed E-state index contributed by atoms with van der Waals surface area (Å²) in [5, 5.41) is 0. The fourth-order valence-electron chi connectivity index (χ4n) is 1.51. The molecule has 0 aromatic heterocycles. The second-order valence-corrected chi connectivity index (χ2v) is 5.21. The van der Waals surface area contributed by atoms with Gasteiger partial charge in [0.25, 0.3) is 0 Å². The van der Waals surface area contributed by atoms with Crippen LogP contribution >= 0.6 is 0 Å². The van der Waals surface area contributed by atoms with Crippen molar-refractivity contribution in [2.75, 3.05) is 13.6 Å². The Morgan fingerprint density at radius 2 is 1.94 bits per heavy atom. The summed E-state index contributed by atoms with van der Waals surface area (Å²) < 4.78 is 26.4. The molecule has 0 heterocycles. The number of benzene rings is 1.